The largest absolute Gasteiger partial charge is 0.490 e. The number of halogens is 2. The number of ether oxygens (including phenoxy) is 2. The zero-order chi connectivity index (χ0) is 14.3. The highest BCUT2D eigenvalue weighted by Gasteiger charge is 2.11. The van der Waals surface area contributed by atoms with Crippen LogP contribution in [0.25, 0.3) is 0 Å². The van der Waals surface area contributed by atoms with E-state index in [2.05, 4.69) is 16.6 Å². The highest BCUT2D eigenvalue weighted by Crippen LogP contribution is 2.29. The van der Waals surface area contributed by atoms with Gasteiger partial charge in [0.1, 0.15) is 0 Å². The van der Waals surface area contributed by atoms with Gasteiger partial charge in [0.05, 0.1) is 6.61 Å². The van der Waals surface area contributed by atoms with E-state index in [0.717, 1.165) is 11.1 Å². The first kappa shape index (κ1) is 15.4. The van der Waals surface area contributed by atoms with Gasteiger partial charge in [0.2, 0.25) is 0 Å². The lowest BCUT2D eigenvalue weighted by molar-refractivity contribution is -0.0514. The summed E-state index contributed by atoms with van der Waals surface area (Å²) in [5.74, 6) is 0.387. The molecule has 0 saturated carbocycles. The van der Waals surface area contributed by atoms with E-state index in [1.165, 1.54) is 6.07 Å². The van der Waals surface area contributed by atoms with Crippen LogP contribution in [0, 0.1) is 0 Å². The molecule has 0 aliphatic carbocycles. The van der Waals surface area contributed by atoms with Gasteiger partial charge in [-0.2, -0.15) is 8.78 Å². The summed E-state index contributed by atoms with van der Waals surface area (Å²) in [4.78, 5) is 0. The number of rotatable bonds is 8. The van der Waals surface area contributed by atoms with Crippen LogP contribution in [0.1, 0.15) is 19.4 Å². The fourth-order valence-corrected chi connectivity index (χ4v) is 1.54. The van der Waals surface area contributed by atoms with Crippen LogP contribution in [0.15, 0.2) is 30.4 Å². The number of hydrogen-bond acceptors (Lipinski definition) is 3. The Labute approximate surface area is 112 Å². The van der Waals surface area contributed by atoms with E-state index in [1.54, 1.807) is 19.1 Å². The van der Waals surface area contributed by atoms with Gasteiger partial charge >= 0.3 is 6.61 Å². The summed E-state index contributed by atoms with van der Waals surface area (Å²) in [7, 11) is 0. The summed E-state index contributed by atoms with van der Waals surface area (Å²) >= 11 is 0. The van der Waals surface area contributed by atoms with Crippen LogP contribution in [0.5, 0.6) is 11.5 Å². The third kappa shape index (κ3) is 5.70. The molecule has 0 aliphatic heterocycles. The van der Waals surface area contributed by atoms with Gasteiger partial charge in [0.25, 0.3) is 0 Å². The minimum absolute atomic E-state index is 0.0560. The number of hydrogen-bond donors (Lipinski definition) is 1. The molecule has 0 bridgehead atoms. The molecular formula is C14H19F2NO2. The Bertz CT molecular complexity index is 422. The maximum Gasteiger partial charge on any atom is 0.387 e. The first-order valence-corrected chi connectivity index (χ1v) is 6.08. The van der Waals surface area contributed by atoms with Crippen molar-refractivity contribution >= 4 is 0 Å². The highest BCUT2D eigenvalue weighted by atomic mass is 19.3. The molecule has 5 heteroatoms. The first-order valence-electron chi connectivity index (χ1n) is 6.08. The molecule has 1 aromatic rings. The fraction of sp³-hybridized carbons (Fsp3) is 0.429. The molecule has 0 spiro atoms. The SMILES string of the molecule is C=C(C)CNCc1ccc(OC(F)F)c(OCC)c1. The zero-order valence-corrected chi connectivity index (χ0v) is 11.2. The predicted octanol–water partition coefficient (Wildman–Crippen LogP) is 3.35. The Morgan fingerprint density at radius 3 is 2.68 bits per heavy atom. The molecule has 19 heavy (non-hydrogen) atoms. The van der Waals surface area contributed by atoms with Crippen molar-refractivity contribution in [3.05, 3.63) is 35.9 Å². The van der Waals surface area contributed by atoms with Crippen LogP contribution in [0.4, 0.5) is 8.78 Å². The van der Waals surface area contributed by atoms with E-state index >= 15 is 0 Å². The van der Waals surface area contributed by atoms with Crippen molar-refractivity contribution in [3.8, 4) is 11.5 Å². The quantitative estimate of drug-likeness (QED) is 0.735. The standard InChI is InChI=1S/C14H19F2NO2/c1-4-18-13-7-11(9-17-8-10(2)3)5-6-12(13)19-14(15)16/h5-7,14,17H,2,4,8-9H2,1,3H3. The maximum atomic E-state index is 12.2. The summed E-state index contributed by atoms with van der Waals surface area (Å²) in [6.45, 7) is 6.36. The molecule has 0 aromatic heterocycles. The van der Waals surface area contributed by atoms with E-state index < -0.39 is 6.61 Å². The third-order valence-electron chi connectivity index (χ3n) is 2.28. The average Bonchev–Trinajstić information content (AvgIpc) is 2.31. The molecule has 0 atom stereocenters. The topological polar surface area (TPSA) is 30.5 Å². The molecule has 0 unspecified atom stereocenters. The lowest BCUT2D eigenvalue weighted by Crippen LogP contribution is -2.15. The Hall–Kier alpha value is -1.62. The Morgan fingerprint density at radius 1 is 1.37 bits per heavy atom. The summed E-state index contributed by atoms with van der Waals surface area (Å²) in [5.41, 5.74) is 1.97. The van der Waals surface area contributed by atoms with Crippen LogP contribution in [0.3, 0.4) is 0 Å². The third-order valence-corrected chi connectivity index (χ3v) is 2.28. The number of alkyl halides is 2. The molecule has 0 fully saturated rings. The van der Waals surface area contributed by atoms with Crippen molar-refractivity contribution in [2.24, 2.45) is 0 Å². The van der Waals surface area contributed by atoms with Crippen LogP contribution in [-0.4, -0.2) is 19.8 Å². The van der Waals surface area contributed by atoms with Gasteiger partial charge in [0.15, 0.2) is 11.5 Å². The van der Waals surface area contributed by atoms with Crippen LogP contribution < -0.4 is 14.8 Å². The summed E-state index contributed by atoms with van der Waals surface area (Å²) < 4.78 is 34.2. The van der Waals surface area contributed by atoms with E-state index in [9.17, 15) is 8.78 Å². The van der Waals surface area contributed by atoms with Crippen molar-refractivity contribution in [3.63, 3.8) is 0 Å². The summed E-state index contributed by atoms with van der Waals surface area (Å²) in [6, 6.07) is 4.92. The minimum atomic E-state index is -2.86. The molecule has 0 aliphatic rings. The first-order chi connectivity index (χ1) is 9.02. The molecule has 1 N–H and O–H groups in total. The van der Waals surface area contributed by atoms with E-state index in [4.69, 9.17) is 4.74 Å². The fourth-order valence-electron chi connectivity index (χ4n) is 1.54. The second-order valence-electron chi connectivity index (χ2n) is 4.15. The van der Waals surface area contributed by atoms with Crippen molar-refractivity contribution < 1.29 is 18.3 Å². The number of benzene rings is 1. The smallest absolute Gasteiger partial charge is 0.387 e. The van der Waals surface area contributed by atoms with Crippen molar-refractivity contribution in [1.82, 2.24) is 5.32 Å². The van der Waals surface area contributed by atoms with E-state index in [1.807, 2.05) is 6.92 Å². The predicted molar refractivity (Wildman–Crippen MR) is 70.8 cm³/mol. The van der Waals surface area contributed by atoms with E-state index in [0.29, 0.717) is 25.4 Å². The van der Waals surface area contributed by atoms with Crippen LogP contribution in [-0.2, 0) is 6.54 Å². The molecule has 0 saturated heterocycles. The minimum Gasteiger partial charge on any atom is -0.490 e. The van der Waals surface area contributed by atoms with Gasteiger partial charge < -0.3 is 14.8 Å². The lowest BCUT2D eigenvalue weighted by Gasteiger charge is -2.13. The van der Waals surface area contributed by atoms with Gasteiger partial charge in [-0.25, -0.2) is 0 Å². The molecule has 106 valence electrons. The zero-order valence-electron chi connectivity index (χ0n) is 11.2. The molecule has 0 radical (unpaired) electrons. The monoisotopic (exact) mass is 271 g/mol. The van der Waals surface area contributed by atoms with Gasteiger partial charge in [-0.1, -0.05) is 18.2 Å². The molecule has 1 rings (SSSR count). The van der Waals surface area contributed by atoms with Crippen molar-refractivity contribution in [1.29, 1.82) is 0 Å². The molecule has 1 aromatic carbocycles. The Balaban J connectivity index is 2.74. The average molecular weight is 271 g/mol. The van der Waals surface area contributed by atoms with Crippen molar-refractivity contribution in [2.75, 3.05) is 13.2 Å². The van der Waals surface area contributed by atoms with Gasteiger partial charge in [-0.05, 0) is 31.5 Å². The van der Waals surface area contributed by atoms with Crippen molar-refractivity contribution in [2.45, 2.75) is 27.0 Å². The number of nitrogens with one attached hydrogen (secondary N) is 1. The summed E-state index contributed by atoms with van der Waals surface area (Å²) in [6.07, 6.45) is 0. The normalized spacial score (nSPS) is 10.6. The lowest BCUT2D eigenvalue weighted by atomic mass is 10.2. The van der Waals surface area contributed by atoms with Crippen LogP contribution in [0.2, 0.25) is 0 Å². The second-order valence-corrected chi connectivity index (χ2v) is 4.15. The van der Waals surface area contributed by atoms with Crippen LogP contribution >= 0.6 is 0 Å². The molecule has 0 heterocycles. The Kier molecular flexibility index (Phi) is 6.29. The Morgan fingerprint density at radius 2 is 2.11 bits per heavy atom. The molecule has 3 nitrogen and oxygen atoms in total. The second kappa shape index (κ2) is 7.74. The maximum absolute atomic E-state index is 12.2. The molecular weight excluding hydrogens is 252 g/mol. The highest BCUT2D eigenvalue weighted by molar-refractivity contribution is 5.43. The van der Waals surface area contributed by atoms with Gasteiger partial charge in [-0.15, -0.1) is 0 Å². The van der Waals surface area contributed by atoms with E-state index in [-0.39, 0.29) is 5.75 Å². The summed E-state index contributed by atoms with van der Waals surface area (Å²) in [5, 5.41) is 3.19. The van der Waals surface area contributed by atoms with Gasteiger partial charge in [-0.3, -0.25) is 0 Å². The van der Waals surface area contributed by atoms with Gasteiger partial charge in [0, 0.05) is 13.1 Å². The molecule has 0 amide bonds.